The Kier molecular flexibility index (Phi) is 14.7. The van der Waals surface area contributed by atoms with Gasteiger partial charge in [-0.05, 0) is 66.9 Å². The topological polar surface area (TPSA) is 84.9 Å². The van der Waals surface area contributed by atoms with E-state index in [1.807, 2.05) is 37.2 Å². The Morgan fingerprint density at radius 1 is 0.837 bits per heavy atom. The van der Waals surface area contributed by atoms with Gasteiger partial charge in [-0.2, -0.15) is 13.2 Å². The maximum absolute atomic E-state index is 13.1. The molecule has 0 fully saturated rings. The van der Waals surface area contributed by atoms with Crippen LogP contribution in [-0.4, -0.2) is 73.4 Å². The highest BCUT2D eigenvalue weighted by atomic mass is 19.4. The number of carbonyl (C=O) groups excluding carboxylic acids is 1. The number of benzene rings is 3. The van der Waals surface area contributed by atoms with Crippen molar-refractivity contribution >= 4 is 12.0 Å². The van der Waals surface area contributed by atoms with Gasteiger partial charge in [-0.3, -0.25) is 0 Å². The Morgan fingerprint density at radius 2 is 1.47 bits per heavy atom. The van der Waals surface area contributed by atoms with Crippen molar-refractivity contribution < 1.29 is 27.9 Å². The quantitative estimate of drug-likeness (QED) is 0.223. The summed E-state index contributed by atoms with van der Waals surface area (Å²) in [5, 5.41) is 13.7. The third-order valence-corrected chi connectivity index (χ3v) is 6.35. The number of nitrogens with one attached hydrogen (secondary N) is 2. The number of amides is 2. The molecule has 0 heterocycles. The van der Waals surface area contributed by atoms with E-state index in [9.17, 15) is 18.0 Å². The maximum Gasteiger partial charge on any atom is 0.490 e. The minimum absolute atomic E-state index is 0.0172. The zero-order valence-electron chi connectivity index (χ0n) is 25.3. The molecular formula is C33H43F3N4O3. The van der Waals surface area contributed by atoms with Crippen molar-refractivity contribution in [3.8, 4) is 11.1 Å². The molecule has 3 aromatic carbocycles. The molecule has 0 aliphatic carbocycles. The number of urea groups is 1. The summed E-state index contributed by atoms with van der Waals surface area (Å²) in [6.45, 7) is 9.05. The van der Waals surface area contributed by atoms with Crippen molar-refractivity contribution in [1.29, 1.82) is 0 Å². The number of carboxylic acids is 1. The molecule has 10 heteroatoms. The van der Waals surface area contributed by atoms with E-state index in [1.54, 1.807) is 0 Å². The number of hydrogen-bond donors (Lipinski definition) is 3. The largest absolute Gasteiger partial charge is 0.490 e. The van der Waals surface area contributed by atoms with Crippen LogP contribution in [0.3, 0.4) is 0 Å². The van der Waals surface area contributed by atoms with Crippen LogP contribution in [0.5, 0.6) is 0 Å². The third-order valence-electron chi connectivity index (χ3n) is 6.35. The minimum atomic E-state index is -5.08. The third kappa shape index (κ3) is 14.2. The van der Waals surface area contributed by atoms with Gasteiger partial charge in [0.15, 0.2) is 0 Å². The van der Waals surface area contributed by atoms with Crippen molar-refractivity contribution in [3.63, 3.8) is 0 Å². The van der Waals surface area contributed by atoms with Crippen LogP contribution in [0, 0.1) is 5.92 Å². The highest BCUT2D eigenvalue weighted by Crippen LogP contribution is 2.22. The first-order valence-corrected chi connectivity index (χ1v) is 14.3. The fraction of sp³-hybridized carbons (Fsp3) is 0.394. The van der Waals surface area contributed by atoms with E-state index in [2.05, 4.69) is 90.0 Å². The van der Waals surface area contributed by atoms with Crippen molar-refractivity contribution in [2.75, 3.05) is 40.3 Å². The smallest absolute Gasteiger partial charge is 0.475 e. The molecule has 43 heavy (non-hydrogen) atoms. The average molecular weight is 601 g/mol. The molecule has 0 saturated carbocycles. The Hall–Kier alpha value is -3.89. The Morgan fingerprint density at radius 3 is 2.05 bits per heavy atom. The predicted octanol–water partition coefficient (Wildman–Crippen LogP) is 6.05. The van der Waals surface area contributed by atoms with E-state index in [1.165, 1.54) is 22.3 Å². The molecule has 0 aliphatic rings. The summed E-state index contributed by atoms with van der Waals surface area (Å²) in [6, 6.07) is 27.5. The number of carboxylic acid groups (broad SMARTS) is 1. The van der Waals surface area contributed by atoms with Gasteiger partial charge in [-0.25, -0.2) is 9.59 Å². The lowest BCUT2D eigenvalue weighted by atomic mass is 10.0. The zero-order chi connectivity index (χ0) is 31.8. The lowest BCUT2D eigenvalue weighted by Gasteiger charge is -2.25. The Labute approximate surface area is 252 Å². The van der Waals surface area contributed by atoms with Crippen LogP contribution >= 0.6 is 0 Å². The number of likely N-dealkylation sites (N-methyl/N-ethyl adjacent to an activating group) is 1. The molecule has 7 nitrogen and oxygen atoms in total. The molecule has 0 spiro atoms. The molecular weight excluding hydrogens is 557 g/mol. The van der Waals surface area contributed by atoms with Gasteiger partial charge in [-0.1, -0.05) is 86.6 Å². The molecule has 2 amide bonds. The van der Waals surface area contributed by atoms with Crippen LogP contribution < -0.4 is 10.6 Å². The van der Waals surface area contributed by atoms with Gasteiger partial charge < -0.3 is 25.5 Å². The molecule has 0 atom stereocenters. The van der Waals surface area contributed by atoms with E-state index in [0.29, 0.717) is 25.6 Å². The zero-order valence-corrected chi connectivity index (χ0v) is 25.3. The SMILES string of the molecule is CC(C)CNCc1ccc(-c2cccc(CN(CCN(C)C)C(=O)NCCc3ccccc3)c2)cc1.O=C(O)C(F)(F)F. The van der Waals surface area contributed by atoms with E-state index in [0.717, 1.165) is 31.6 Å². The van der Waals surface area contributed by atoms with Crippen LogP contribution in [0.25, 0.3) is 11.1 Å². The first kappa shape index (κ1) is 35.3. The van der Waals surface area contributed by atoms with Gasteiger partial charge in [-0.15, -0.1) is 0 Å². The number of nitrogens with zero attached hydrogens (tertiary/aromatic N) is 2. The van der Waals surface area contributed by atoms with E-state index in [4.69, 9.17) is 9.90 Å². The minimum Gasteiger partial charge on any atom is -0.475 e. The first-order valence-electron chi connectivity index (χ1n) is 14.3. The summed E-state index contributed by atoms with van der Waals surface area (Å²) in [5.74, 6) is -2.11. The Balaban J connectivity index is 0.000000821. The number of hydrogen-bond acceptors (Lipinski definition) is 4. The number of rotatable bonds is 13. The summed E-state index contributed by atoms with van der Waals surface area (Å²) in [4.78, 5) is 26.0. The second-order valence-corrected chi connectivity index (χ2v) is 10.9. The summed E-state index contributed by atoms with van der Waals surface area (Å²) < 4.78 is 31.7. The highest BCUT2D eigenvalue weighted by Gasteiger charge is 2.38. The van der Waals surface area contributed by atoms with Gasteiger partial charge in [0.2, 0.25) is 0 Å². The number of alkyl halides is 3. The number of carbonyl (C=O) groups is 2. The van der Waals surface area contributed by atoms with Crippen LogP contribution in [0.15, 0.2) is 78.9 Å². The van der Waals surface area contributed by atoms with Gasteiger partial charge in [0.25, 0.3) is 0 Å². The van der Waals surface area contributed by atoms with Crippen molar-refractivity contribution in [2.24, 2.45) is 5.92 Å². The molecule has 0 aromatic heterocycles. The number of aliphatic carboxylic acids is 1. The summed E-state index contributed by atoms with van der Waals surface area (Å²) in [6.07, 6.45) is -4.26. The van der Waals surface area contributed by atoms with Crippen molar-refractivity contribution in [1.82, 2.24) is 20.4 Å². The average Bonchev–Trinajstić information content (AvgIpc) is 2.96. The van der Waals surface area contributed by atoms with Crippen molar-refractivity contribution in [3.05, 3.63) is 95.6 Å². The molecule has 3 rings (SSSR count). The maximum atomic E-state index is 13.1. The monoisotopic (exact) mass is 600 g/mol. The normalized spacial score (nSPS) is 11.2. The molecule has 3 N–H and O–H groups in total. The fourth-order valence-electron chi connectivity index (χ4n) is 4.03. The van der Waals surface area contributed by atoms with Gasteiger partial charge in [0.05, 0.1) is 0 Å². The molecule has 0 unspecified atom stereocenters. The van der Waals surface area contributed by atoms with Crippen LogP contribution in [0.4, 0.5) is 18.0 Å². The highest BCUT2D eigenvalue weighted by molar-refractivity contribution is 5.74. The van der Waals surface area contributed by atoms with E-state index < -0.39 is 12.1 Å². The van der Waals surface area contributed by atoms with E-state index in [-0.39, 0.29) is 6.03 Å². The van der Waals surface area contributed by atoms with Crippen LogP contribution in [0.2, 0.25) is 0 Å². The molecule has 3 aromatic rings. The second kappa shape index (κ2) is 17.9. The van der Waals surface area contributed by atoms with Crippen molar-refractivity contribution in [2.45, 2.75) is 39.5 Å². The number of halogens is 3. The Bertz CT molecular complexity index is 1250. The fourth-order valence-corrected chi connectivity index (χ4v) is 4.03. The molecule has 0 aliphatic heterocycles. The predicted molar refractivity (Wildman–Crippen MR) is 165 cm³/mol. The lowest BCUT2D eigenvalue weighted by Crippen LogP contribution is -2.43. The summed E-state index contributed by atoms with van der Waals surface area (Å²) in [5.41, 5.74) is 6.01. The molecule has 234 valence electrons. The molecule has 0 bridgehead atoms. The lowest BCUT2D eigenvalue weighted by molar-refractivity contribution is -0.192. The summed E-state index contributed by atoms with van der Waals surface area (Å²) >= 11 is 0. The van der Waals surface area contributed by atoms with Gasteiger partial charge in [0, 0.05) is 32.7 Å². The second-order valence-electron chi connectivity index (χ2n) is 10.9. The van der Waals surface area contributed by atoms with Gasteiger partial charge in [0.1, 0.15) is 0 Å². The van der Waals surface area contributed by atoms with Crippen LogP contribution in [-0.2, 0) is 24.3 Å². The summed E-state index contributed by atoms with van der Waals surface area (Å²) in [7, 11) is 4.07. The standard InChI is InChI=1S/C31H42N4O.C2HF3O2/c1-25(2)22-32-23-27-13-15-29(16-14-27)30-12-8-11-28(21-30)24-35(20-19-34(3)4)31(36)33-18-17-26-9-6-5-7-10-26;3-2(4,5)1(6)7/h5-16,21,25,32H,17-20,22-24H2,1-4H3,(H,33,36);(H,6,7). The first-order chi connectivity index (χ1) is 20.3. The van der Waals surface area contributed by atoms with Crippen LogP contribution in [0.1, 0.15) is 30.5 Å². The molecule has 0 saturated heterocycles. The molecule has 0 radical (unpaired) electrons. The van der Waals surface area contributed by atoms with E-state index >= 15 is 0 Å². The van der Waals surface area contributed by atoms with Gasteiger partial charge >= 0.3 is 18.2 Å².